The number of aryl methyl sites for hydroxylation is 1. The summed E-state index contributed by atoms with van der Waals surface area (Å²) in [6.07, 6.45) is 2.06. The van der Waals surface area contributed by atoms with Crippen molar-refractivity contribution in [3.05, 3.63) is 16.1 Å². The zero-order valence-electron chi connectivity index (χ0n) is 10.8. The van der Waals surface area contributed by atoms with Gasteiger partial charge in [0, 0.05) is 6.54 Å². The second-order valence-corrected chi connectivity index (χ2v) is 5.85. The van der Waals surface area contributed by atoms with E-state index < -0.39 is 11.9 Å². The van der Waals surface area contributed by atoms with E-state index >= 15 is 0 Å². The van der Waals surface area contributed by atoms with Crippen molar-refractivity contribution in [2.75, 3.05) is 6.54 Å². The number of hydrogen-bond donors (Lipinski definition) is 2. The van der Waals surface area contributed by atoms with Crippen molar-refractivity contribution in [3.63, 3.8) is 0 Å². The molecular formula is C12H18N2O3S. The Labute approximate surface area is 110 Å². The molecule has 0 fully saturated rings. The molecule has 100 valence electrons. The first-order valence-corrected chi connectivity index (χ1v) is 6.65. The largest absolute Gasteiger partial charge is 0.481 e. The minimum atomic E-state index is -0.871. The van der Waals surface area contributed by atoms with Gasteiger partial charge < -0.3 is 10.4 Å². The smallest absolute Gasteiger partial charge is 0.308 e. The van der Waals surface area contributed by atoms with Gasteiger partial charge in [-0.2, -0.15) is 0 Å². The molecule has 0 aliphatic carbocycles. The highest BCUT2D eigenvalue weighted by Crippen LogP contribution is 2.13. The van der Waals surface area contributed by atoms with Crippen LogP contribution < -0.4 is 5.32 Å². The van der Waals surface area contributed by atoms with Crippen LogP contribution in [0.2, 0.25) is 0 Å². The van der Waals surface area contributed by atoms with Gasteiger partial charge in [0.2, 0.25) is 0 Å². The molecule has 0 aromatic carbocycles. The van der Waals surface area contributed by atoms with Crippen molar-refractivity contribution in [2.45, 2.75) is 27.2 Å². The quantitative estimate of drug-likeness (QED) is 0.827. The molecule has 0 saturated carbocycles. The number of carbonyl (C=O) groups is 2. The lowest BCUT2D eigenvalue weighted by atomic mass is 9.97. The third-order valence-electron chi connectivity index (χ3n) is 2.46. The maximum Gasteiger partial charge on any atom is 0.308 e. The second-order valence-electron chi connectivity index (χ2n) is 4.62. The predicted molar refractivity (Wildman–Crippen MR) is 69.8 cm³/mol. The molecule has 0 aliphatic heterocycles. The maximum absolute atomic E-state index is 11.7. The molecule has 0 saturated heterocycles. The number of aromatic nitrogens is 1. The fourth-order valence-corrected chi connectivity index (χ4v) is 2.30. The standard InChI is InChI=1S/C12H18N2O3S/c1-7(2)4-9(12(16)17)5-14-11(15)10-6-13-8(3)18-10/h6-7,9H,4-5H2,1-3H3,(H,14,15)(H,16,17). The van der Waals surface area contributed by atoms with Crippen LogP contribution in [-0.2, 0) is 4.79 Å². The van der Waals surface area contributed by atoms with Gasteiger partial charge in [-0.1, -0.05) is 13.8 Å². The van der Waals surface area contributed by atoms with Crippen LogP contribution in [-0.4, -0.2) is 28.5 Å². The van der Waals surface area contributed by atoms with Crippen LogP contribution in [0.5, 0.6) is 0 Å². The van der Waals surface area contributed by atoms with Crippen molar-refractivity contribution in [1.29, 1.82) is 0 Å². The average Bonchev–Trinajstić information content (AvgIpc) is 2.69. The van der Waals surface area contributed by atoms with Gasteiger partial charge in [-0.3, -0.25) is 9.59 Å². The monoisotopic (exact) mass is 270 g/mol. The highest BCUT2D eigenvalue weighted by molar-refractivity contribution is 7.13. The third-order valence-corrected chi connectivity index (χ3v) is 3.37. The first kappa shape index (κ1) is 14.6. The summed E-state index contributed by atoms with van der Waals surface area (Å²) in [7, 11) is 0. The van der Waals surface area contributed by atoms with E-state index in [2.05, 4.69) is 10.3 Å². The van der Waals surface area contributed by atoms with Gasteiger partial charge >= 0.3 is 5.97 Å². The molecule has 1 aromatic heterocycles. The second kappa shape index (κ2) is 6.49. The average molecular weight is 270 g/mol. The zero-order chi connectivity index (χ0) is 13.7. The summed E-state index contributed by atoms with van der Waals surface area (Å²) in [5, 5.41) is 12.5. The molecule has 1 atom stereocenters. The third kappa shape index (κ3) is 4.44. The lowest BCUT2D eigenvalue weighted by molar-refractivity contribution is -0.142. The van der Waals surface area contributed by atoms with Crippen LogP contribution in [0.15, 0.2) is 6.20 Å². The summed E-state index contributed by atoms with van der Waals surface area (Å²) in [6, 6.07) is 0. The van der Waals surface area contributed by atoms with Crippen molar-refractivity contribution in [1.82, 2.24) is 10.3 Å². The molecule has 0 aliphatic rings. The molecule has 2 N–H and O–H groups in total. The number of carboxylic acid groups (broad SMARTS) is 1. The number of aliphatic carboxylic acids is 1. The van der Waals surface area contributed by atoms with Gasteiger partial charge in [0.15, 0.2) is 0 Å². The maximum atomic E-state index is 11.7. The van der Waals surface area contributed by atoms with Crippen LogP contribution in [0.3, 0.4) is 0 Å². The van der Waals surface area contributed by atoms with Gasteiger partial charge in [-0.15, -0.1) is 11.3 Å². The molecule has 5 nitrogen and oxygen atoms in total. The Balaban J connectivity index is 2.52. The summed E-state index contributed by atoms with van der Waals surface area (Å²) in [6.45, 7) is 5.90. The summed E-state index contributed by atoms with van der Waals surface area (Å²) >= 11 is 1.30. The highest BCUT2D eigenvalue weighted by atomic mass is 32.1. The van der Waals surface area contributed by atoms with E-state index in [1.54, 1.807) is 0 Å². The van der Waals surface area contributed by atoms with Gasteiger partial charge in [-0.05, 0) is 19.3 Å². The lowest BCUT2D eigenvalue weighted by Crippen LogP contribution is -2.33. The van der Waals surface area contributed by atoms with E-state index in [0.29, 0.717) is 11.3 Å². The Morgan fingerprint density at radius 2 is 2.17 bits per heavy atom. The molecule has 0 radical (unpaired) electrons. The number of nitrogens with zero attached hydrogens (tertiary/aromatic N) is 1. The van der Waals surface area contributed by atoms with E-state index in [-0.39, 0.29) is 18.4 Å². The summed E-state index contributed by atoms with van der Waals surface area (Å²) in [5.41, 5.74) is 0. The minimum Gasteiger partial charge on any atom is -0.481 e. The Bertz CT molecular complexity index is 429. The van der Waals surface area contributed by atoms with E-state index in [9.17, 15) is 9.59 Å². The number of nitrogens with one attached hydrogen (secondary N) is 1. The summed E-state index contributed by atoms with van der Waals surface area (Å²) < 4.78 is 0. The van der Waals surface area contributed by atoms with Crippen molar-refractivity contribution >= 4 is 23.2 Å². The fourth-order valence-electron chi connectivity index (χ4n) is 1.61. The molecule has 0 bridgehead atoms. The van der Waals surface area contributed by atoms with E-state index in [1.165, 1.54) is 17.5 Å². The molecular weight excluding hydrogens is 252 g/mol. The predicted octanol–water partition coefficient (Wildman–Crippen LogP) is 1.93. The minimum absolute atomic E-state index is 0.156. The number of amides is 1. The van der Waals surface area contributed by atoms with E-state index in [4.69, 9.17) is 5.11 Å². The highest BCUT2D eigenvalue weighted by Gasteiger charge is 2.20. The van der Waals surface area contributed by atoms with Gasteiger partial charge in [-0.25, -0.2) is 4.98 Å². The Hall–Kier alpha value is -1.43. The molecule has 1 unspecified atom stereocenters. The Morgan fingerprint density at radius 1 is 1.50 bits per heavy atom. The van der Waals surface area contributed by atoms with Crippen molar-refractivity contribution in [2.24, 2.45) is 11.8 Å². The van der Waals surface area contributed by atoms with E-state index in [0.717, 1.165) is 5.01 Å². The van der Waals surface area contributed by atoms with Crippen LogP contribution in [0, 0.1) is 18.8 Å². The van der Waals surface area contributed by atoms with Gasteiger partial charge in [0.25, 0.3) is 5.91 Å². The van der Waals surface area contributed by atoms with Crippen molar-refractivity contribution < 1.29 is 14.7 Å². The molecule has 18 heavy (non-hydrogen) atoms. The first-order valence-electron chi connectivity index (χ1n) is 5.83. The Morgan fingerprint density at radius 3 is 2.61 bits per heavy atom. The SMILES string of the molecule is Cc1ncc(C(=O)NCC(CC(C)C)C(=O)O)s1. The molecule has 1 heterocycles. The number of thiazole rings is 1. The molecule has 1 rings (SSSR count). The number of hydrogen-bond acceptors (Lipinski definition) is 4. The van der Waals surface area contributed by atoms with Gasteiger partial charge in [0.05, 0.1) is 17.1 Å². The van der Waals surface area contributed by atoms with Crippen LogP contribution in [0.1, 0.15) is 34.9 Å². The van der Waals surface area contributed by atoms with Crippen LogP contribution in [0.25, 0.3) is 0 Å². The number of rotatable bonds is 6. The van der Waals surface area contributed by atoms with E-state index in [1.807, 2.05) is 20.8 Å². The van der Waals surface area contributed by atoms with Crippen LogP contribution >= 0.6 is 11.3 Å². The fraction of sp³-hybridized carbons (Fsp3) is 0.583. The number of carboxylic acids is 1. The molecule has 0 spiro atoms. The lowest BCUT2D eigenvalue weighted by Gasteiger charge is -2.14. The molecule has 1 amide bonds. The Kier molecular flexibility index (Phi) is 5.27. The number of carbonyl (C=O) groups excluding carboxylic acids is 1. The summed E-state index contributed by atoms with van der Waals surface area (Å²) in [4.78, 5) is 27.3. The van der Waals surface area contributed by atoms with Gasteiger partial charge in [0.1, 0.15) is 4.88 Å². The van der Waals surface area contributed by atoms with Crippen molar-refractivity contribution in [3.8, 4) is 0 Å². The summed E-state index contributed by atoms with van der Waals surface area (Å²) in [5.74, 6) is -1.38. The van der Waals surface area contributed by atoms with Crippen LogP contribution in [0.4, 0.5) is 0 Å². The zero-order valence-corrected chi connectivity index (χ0v) is 11.6. The normalized spacial score (nSPS) is 12.4. The topological polar surface area (TPSA) is 79.3 Å². The molecule has 1 aromatic rings. The first-order chi connectivity index (χ1) is 8.40. The molecule has 6 heteroatoms.